The number of hydrogen-bond donors (Lipinski definition) is 2. The summed E-state index contributed by atoms with van der Waals surface area (Å²) < 4.78 is 0. The molecule has 3 heteroatoms. The second kappa shape index (κ2) is 6.60. The van der Waals surface area contributed by atoms with E-state index in [4.69, 9.17) is 5.73 Å². The standard InChI is InChI=1S/C16H25N3/c1-12-8-6-7-11-15(12)13(2)18-16(17)19-14-9-4-3-5-10-14/h6-8,11,13-14H,3-5,9-10H2,1-2H3,(H3,17,18,19). The summed E-state index contributed by atoms with van der Waals surface area (Å²) in [6.07, 6.45) is 6.28. The number of nitrogens with two attached hydrogens (primary N) is 1. The smallest absolute Gasteiger partial charge is 0.189 e. The van der Waals surface area contributed by atoms with Gasteiger partial charge in [0.05, 0.1) is 12.1 Å². The maximum atomic E-state index is 6.03. The Kier molecular flexibility index (Phi) is 4.83. The fourth-order valence-corrected chi connectivity index (χ4v) is 2.82. The van der Waals surface area contributed by atoms with Crippen molar-refractivity contribution in [2.24, 2.45) is 10.7 Å². The summed E-state index contributed by atoms with van der Waals surface area (Å²) in [4.78, 5) is 4.61. The number of aliphatic imine (C=N–C) groups is 1. The van der Waals surface area contributed by atoms with Gasteiger partial charge >= 0.3 is 0 Å². The molecule has 0 aromatic heterocycles. The van der Waals surface area contributed by atoms with E-state index >= 15 is 0 Å². The van der Waals surface area contributed by atoms with E-state index in [1.54, 1.807) is 0 Å². The molecule has 1 aliphatic rings. The minimum Gasteiger partial charge on any atom is -0.370 e. The third kappa shape index (κ3) is 3.98. The number of hydrogen-bond acceptors (Lipinski definition) is 1. The number of guanidine groups is 1. The van der Waals surface area contributed by atoms with E-state index in [1.165, 1.54) is 43.2 Å². The van der Waals surface area contributed by atoms with Crippen LogP contribution < -0.4 is 11.1 Å². The zero-order valence-electron chi connectivity index (χ0n) is 12.0. The van der Waals surface area contributed by atoms with Gasteiger partial charge in [0.15, 0.2) is 5.96 Å². The highest BCUT2D eigenvalue weighted by atomic mass is 15.1. The van der Waals surface area contributed by atoms with Crippen molar-refractivity contribution >= 4 is 5.96 Å². The number of rotatable bonds is 3. The minimum atomic E-state index is 0.202. The number of benzene rings is 1. The molecule has 2 rings (SSSR count). The van der Waals surface area contributed by atoms with Crippen LogP contribution in [-0.2, 0) is 0 Å². The van der Waals surface area contributed by atoms with Gasteiger partial charge in [-0.05, 0) is 37.8 Å². The summed E-state index contributed by atoms with van der Waals surface area (Å²) in [6.45, 7) is 4.26. The number of aryl methyl sites for hydroxylation is 1. The highest BCUT2D eigenvalue weighted by molar-refractivity contribution is 5.78. The summed E-state index contributed by atoms with van der Waals surface area (Å²) in [5.41, 5.74) is 8.60. The molecule has 0 bridgehead atoms. The normalized spacial score (nSPS) is 19.2. The second-order valence-electron chi connectivity index (χ2n) is 5.53. The van der Waals surface area contributed by atoms with Gasteiger partial charge in [-0.1, -0.05) is 43.5 Å². The first-order valence-corrected chi connectivity index (χ1v) is 7.32. The molecule has 1 aliphatic carbocycles. The molecule has 0 saturated heterocycles. The molecule has 0 aliphatic heterocycles. The van der Waals surface area contributed by atoms with Crippen molar-refractivity contribution in [1.82, 2.24) is 5.32 Å². The molecule has 0 amide bonds. The van der Waals surface area contributed by atoms with Crippen LogP contribution in [-0.4, -0.2) is 12.0 Å². The Morgan fingerprint density at radius 2 is 1.95 bits per heavy atom. The van der Waals surface area contributed by atoms with Gasteiger partial charge in [0, 0.05) is 0 Å². The highest BCUT2D eigenvalue weighted by Crippen LogP contribution is 2.20. The second-order valence-corrected chi connectivity index (χ2v) is 5.53. The zero-order valence-corrected chi connectivity index (χ0v) is 12.0. The summed E-state index contributed by atoms with van der Waals surface area (Å²) >= 11 is 0. The first kappa shape index (κ1) is 13.9. The lowest BCUT2D eigenvalue weighted by atomic mass is 9.96. The molecule has 104 valence electrons. The van der Waals surface area contributed by atoms with Gasteiger partial charge in [-0.25, -0.2) is 0 Å². The topological polar surface area (TPSA) is 50.4 Å². The lowest BCUT2D eigenvalue weighted by Crippen LogP contribution is -2.35. The van der Waals surface area contributed by atoms with Crippen molar-refractivity contribution in [1.29, 1.82) is 0 Å². The summed E-state index contributed by atoms with van der Waals surface area (Å²) in [5.74, 6) is 0.586. The molecular weight excluding hydrogens is 234 g/mol. The van der Waals surface area contributed by atoms with Gasteiger partial charge < -0.3 is 11.1 Å². The van der Waals surface area contributed by atoms with Crippen LogP contribution in [0.4, 0.5) is 0 Å². The van der Waals surface area contributed by atoms with Gasteiger partial charge in [0.2, 0.25) is 0 Å². The lowest BCUT2D eigenvalue weighted by molar-refractivity contribution is 0.441. The maximum Gasteiger partial charge on any atom is 0.189 e. The minimum absolute atomic E-state index is 0.202. The van der Waals surface area contributed by atoms with E-state index < -0.39 is 0 Å². The number of nitrogens with one attached hydrogen (secondary N) is 1. The highest BCUT2D eigenvalue weighted by Gasteiger charge is 2.13. The largest absolute Gasteiger partial charge is 0.370 e. The third-order valence-corrected chi connectivity index (χ3v) is 3.92. The Morgan fingerprint density at radius 1 is 1.26 bits per heavy atom. The Labute approximate surface area is 116 Å². The molecule has 19 heavy (non-hydrogen) atoms. The fourth-order valence-electron chi connectivity index (χ4n) is 2.82. The van der Waals surface area contributed by atoms with Gasteiger partial charge in [-0.15, -0.1) is 0 Å². The molecule has 0 radical (unpaired) electrons. The molecule has 1 aromatic carbocycles. The summed E-state index contributed by atoms with van der Waals surface area (Å²) in [7, 11) is 0. The Balaban J connectivity index is 1.96. The van der Waals surface area contributed by atoms with E-state index in [1.807, 2.05) is 0 Å². The van der Waals surface area contributed by atoms with E-state index in [9.17, 15) is 0 Å². The first-order valence-electron chi connectivity index (χ1n) is 7.32. The van der Waals surface area contributed by atoms with E-state index in [2.05, 4.69) is 48.4 Å². The molecule has 1 fully saturated rings. The Hall–Kier alpha value is -1.51. The van der Waals surface area contributed by atoms with Gasteiger partial charge in [0.25, 0.3) is 0 Å². The summed E-state index contributed by atoms with van der Waals surface area (Å²) in [5, 5.41) is 3.31. The van der Waals surface area contributed by atoms with E-state index in [0.29, 0.717) is 12.0 Å². The van der Waals surface area contributed by atoms with E-state index in [-0.39, 0.29) is 6.04 Å². The van der Waals surface area contributed by atoms with Crippen molar-refractivity contribution in [3.05, 3.63) is 35.4 Å². The van der Waals surface area contributed by atoms with Gasteiger partial charge in [0.1, 0.15) is 0 Å². The Morgan fingerprint density at radius 3 is 2.63 bits per heavy atom. The first-order chi connectivity index (χ1) is 9.16. The quantitative estimate of drug-likeness (QED) is 0.646. The van der Waals surface area contributed by atoms with Crippen LogP contribution in [0.2, 0.25) is 0 Å². The monoisotopic (exact) mass is 259 g/mol. The molecule has 1 unspecified atom stereocenters. The molecule has 3 nitrogen and oxygen atoms in total. The van der Waals surface area contributed by atoms with Crippen molar-refractivity contribution in [3.63, 3.8) is 0 Å². The van der Waals surface area contributed by atoms with Crippen molar-refractivity contribution in [3.8, 4) is 0 Å². The molecule has 1 saturated carbocycles. The van der Waals surface area contributed by atoms with Crippen LogP contribution in [0, 0.1) is 6.92 Å². The molecular formula is C16H25N3. The van der Waals surface area contributed by atoms with Crippen molar-refractivity contribution in [2.45, 2.75) is 58.0 Å². The lowest BCUT2D eigenvalue weighted by Gasteiger charge is -2.21. The van der Waals surface area contributed by atoms with Gasteiger partial charge in [-0.2, -0.15) is 0 Å². The van der Waals surface area contributed by atoms with Crippen LogP contribution >= 0.6 is 0 Å². The van der Waals surface area contributed by atoms with Crippen molar-refractivity contribution < 1.29 is 0 Å². The van der Waals surface area contributed by atoms with Crippen LogP contribution in [0.25, 0.3) is 0 Å². The van der Waals surface area contributed by atoms with E-state index in [0.717, 1.165) is 0 Å². The fraction of sp³-hybridized carbons (Fsp3) is 0.562. The molecule has 3 N–H and O–H groups in total. The van der Waals surface area contributed by atoms with Gasteiger partial charge in [-0.3, -0.25) is 4.99 Å². The Bertz CT molecular complexity index is 433. The van der Waals surface area contributed by atoms with Crippen LogP contribution in [0.1, 0.15) is 56.2 Å². The predicted octanol–water partition coefficient (Wildman–Crippen LogP) is 3.29. The number of nitrogens with zero attached hydrogens (tertiary/aromatic N) is 1. The van der Waals surface area contributed by atoms with Crippen molar-refractivity contribution in [2.75, 3.05) is 0 Å². The maximum absolute atomic E-state index is 6.03. The average Bonchev–Trinajstić information content (AvgIpc) is 2.40. The molecule has 1 aromatic rings. The summed E-state index contributed by atoms with van der Waals surface area (Å²) in [6, 6.07) is 9.02. The zero-order chi connectivity index (χ0) is 13.7. The average molecular weight is 259 g/mol. The SMILES string of the molecule is Cc1ccccc1C(C)NC(N)=NC1CCCCC1. The third-order valence-electron chi connectivity index (χ3n) is 3.92. The van der Waals surface area contributed by atoms with Crippen LogP contribution in [0.3, 0.4) is 0 Å². The molecule has 1 atom stereocenters. The van der Waals surface area contributed by atoms with Crippen LogP contribution in [0.15, 0.2) is 29.3 Å². The molecule has 0 spiro atoms. The predicted molar refractivity (Wildman–Crippen MR) is 81.2 cm³/mol. The van der Waals surface area contributed by atoms with Crippen LogP contribution in [0.5, 0.6) is 0 Å². The molecule has 0 heterocycles.